The molecular formula is C13H16N2O4. The third-order valence-electron chi connectivity index (χ3n) is 3.27. The lowest BCUT2D eigenvalue weighted by Crippen LogP contribution is -2.45. The molecule has 0 radical (unpaired) electrons. The molecule has 1 amide bonds. The first-order valence-corrected chi connectivity index (χ1v) is 6.02. The van der Waals surface area contributed by atoms with Crippen LogP contribution in [0.1, 0.15) is 18.0 Å². The fourth-order valence-electron chi connectivity index (χ4n) is 2.27. The number of amides is 1. The van der Waals surface area contributed by atoms with Crippen LogP contribution in [-0.4, -0.2) is 45.7 Å². The molecule has 1 aliphatic rings. The summed E-state index contributed by atoms with van der Waals surface area (Å²) in [6, 6.07) is 6.84. The summed E-state index contributed by atoms with van der Waals surface area (Å²) in [6.45, 7) is 0.0103. The topological polar surface area (TPSA) is 104 Å². The summed E-state index contributed by atoms with van der Waals surface area (Å²) in [5, 5.41) is 18.6. The van der Waals surface area contributed by atoms with Crippen LogP contribution in [0.3, 0.4) is 0 Å². The van der Waals surface area contributed by atoms with E-state index < -0.39 is 30.1 Å². The molecule has 0 saturated carbocycles. The van der Waals surface area contributed by atoms with E-state index >= 15 is 0 Å². The molecule has 0 aromatic heterocycles. The number of carboxylic acid groups (broad SMARTS) is 1. The van der Waals surface area contributed by atoms with Crippen LogP contribution in [0.4, 0.5) is 0 Å². The van der Waals surface area contributed by atoms with Gasteiger partial charge in [0.05, 0.1) is 6.10 Å². The van der Waals surface area contributed by atoms with Crippen LogP contribution in [0.25, 0.3) is 0 Å². The second-order valence-corrected chi connectivity index (χ2v) is 4.62. The summed E-state index contributed by atoms with van der Waals surface area (Å²) < 4.78 is 0. The second kappa shape index (κ2) is 5.38. The van der Waals surface area contributed by atoms with Crippen LogP contribution in [0.5, 0.6) is 0 Å². The molecule has 0 aliphatic carbocycles. The average molecular weight is 264 g/mol. The highest BCUT2D eigenvalue weighted by Gasteiger charge is 2.40. The van der Waals surface area contributed by atoms with Gasteiger partial charge in [0.1, 0.15) is 12.1 Å². The minimum absolute atomic E-state index is 0.0103. The van der Waals surface area contributed by atoms with Gasteiger partial charge in [-0.05, 0) is 5.56 Å². The van der Waals surface area contributed by atoms with Crippen molar-refractivity contribution in [2.24, 2.45) is 5.73 Å². The Labute approximate surface area is 110 Å². The van der Waals surface area contributed by atoms with E-state index in [-0.39, 0.29) is 13.0 Å². The van der Waals surface area contributed by atoms with E-state index in [1.165, 1.54) is 0 Å². The number of β-amino-alcohol motifs (C(OH)–C–C–N with tert-alkyl or cyclic N) is 1. The van der Waals surface area contributed by atoms with Crippen LogP contribution in [0.15, 0.2) is 30.3 Å². The van der Waals surface area contributed by atoms with Crippen molar-refractivity contribution in [3.63, 3.8) is 0 Å². The number of rotatable bonds is 3. The Bertz CT molecular complexity index is 477. The standard InChI is InChI=1S/C13H16N2O4/c14-11(8-4-2-1-3-5-8)12(17)15-7-9(16)6-10(15)13(18)19/h1-5,9-11,16H,6-7,14H2,(H,18,19)/t9-,10-,11-/m1/s1. The van der Waals surface area contributed by atoms with Crippen LogP contribution in [0.2, 0.25) is 0 Å². The minimum atomic E-state index is -1.12. The molecule has 4 N–H and O–H groups in total. The maximum absolute atomic E-state index is 12.2. The van der Waals surface area contributed by atoms with Gasteiger partial charge in [0.15, 0.2) is 0 Å². The van der Waals surface area contributed by atoms with E-state index in [4.69, 9.17) is 10.8 Å². The van der Waals surface area contributed by atoms with Gasteiger partial charge in [0.2, 0.25) is 5.91 Å². The van der Waals surface area contributed by atoms with Crippen molar-refractivity contribution < 1.29 is 19.8 Å². The van der Waals surface area contributed by atoms with Gasteiger partial charge in [-0.3, -0.25) is 4.79 Å². The third-order valence-corrected chi connectivity index (χ3v) is 3.27. The molecule has 6 heteroatoms. The molecule has 0 bridgehead atoms. The summed E-state index contributed by atoms with van der Waals surface area (Å²) in [5.74, 6) is -1.60. The van der Waals surface area contributed by atoms with Gasteiger partial charge < -0.3 is 20.8 Å². The third kappa shape index (κ3) is 2.74. The molecule has 1 aromatic rings. The molecule has 1 aromatic carbocycles. The van der Waals surface area contributed by atoms with Gasteiger partial charge in [-0.15, -0.1) is 0 Å². The number of hydrogen-bond acceptors (Lipinski definition) is 4. The zero-order valence-corrected chi connectivity index (χ0v) is 10.3. The normalized spacial score (nSPS) is 24.2. The molecule has 6 nitrogen and oxygen atoms in total. The lowest BCUT2D eigenvalue weighted by Gasteiger charge is -2.24. The lowest BCUT2D eigenvalue weighted by atomic mass is 10.1. The molecule has 3 atom stereocenters. The zero-order valence-electron chi connectivity index (χ0n) is 10.3. The molecule has 1 fully saturated rings. The van der Waals surface area contributed by atoms with Crippen molar-refractivity contribution in [2.75, 3.05) is 6.54 Å². The van der Waals surface area contributed by atoms with Crippen LogP contribution >= 0.6 is 0 Å². The Balaban J connectivity index is 2.17. The van der Waals surface area contributed by atoms with Gasteiger partial charge in [0.25, 0.3) is 0 Å². The van der Waals surface area contributed by atoms with E-state index in [1.807, 2.05) is 0 Å². The van der Waals surface area contributed by atoms with Crippen molar-refractivity contribution in [1.82, 2.24) is 4.90 Å². The monoisotopic (exact) mass is 264 g/mol. The molecule has 0 unspecified atom stereocenters. The summed E-state index contributed by atoms with van der Waals surface area (Å²) >= 11 is 0. The van der Waals surface area contributed by atoms with Crippen LogP contribution in [0, 0.1) is 0 Å². The minimum Gasteiger partial charge on any atom is -0.480 e. The second-order valence-electron chi connectivity index (χ2n) is 4.62. The highest BCUT2D eigenvalue weighted by Crippen LogP contribution is 2.22. The fourth-order valence-corrected chi connectivity index (χ4v) is 2.27. The first-order valence-electron chi connectivity index (χ1n) is 6.02. The van der Waals surface area contributed by atoms with Gasteiger partial charge in [-0.1, -0.05) is 30.3 Å². The number of aliphatic carboxylic acids is 1. The highest BCUT2D eigenvalue weighted by atomic mass is 16.4. The smallest absolute Gasteiger partial charge is 0.326 e. The lowest BCUT2D eigenvalue weighted by molar-refractivity contribution is -0.148. The van der Waals surface area contributed by atoms with Gasteiger partial charge in [-0.25, -0.2) is 4.79 Å². The first-order chi connectivity index (χ1) is 9.00. The zero-order chi connectivity index (χ0) is 14.0. The number of carbonyl (C=O) groups is 2. The van der Waals surface area contributed by atoms with Gasteiger partial charge in [0, 0.05) is 13.0 Å². The fraction of sp³-hybridized carbons (Fsp3) is 0.385. The molecule has 1 aliphatic heterocycles. The first kappa shape index (κ1) is 13.5. The number of aliphatic hydroxyl groups is 1. The van der Waals surface area contributed by atoms with Crippen molar-refractivity contribution in [2.45, 2.75) is 24.6 Å². The molecular weight excluding hydrogens is 248 g/mol. The Morgan fingerprint density at radius 1 is 1.32 bits per heavy atom. The number of likely N-dealkylation sites (tertiary alicyclic amines) is 1. The predicted molar refractivity (Wildman–Crippen MR) is 67.1 cm³/mol. The maximum Gasteiger partial charge on any atom is 0.326 e. The van der Waals surface area contributed by atoms with Crippen molar-refractivity contribution in [1.29, 1.82) is 0 Å². The number of nitrogens with zero attached hydrogens (tertiary/aromatic N) is 1. The molecule has 1 heterocycles. The van der Waals surface area contributed by atoms with Crippen molar-refractivity contribution in [3.8, 4) is 0 Å². The number of benzene rings is 1. The number of aliphatic hydroxyl groups excluding tert-OH is 1. The SMILES string of the molecule is N[C@@H](C(=O)N1C[C@H](O)C[C@@H]1C(=O)O)c1ccccc1. The van der Waals surface area contributed by atoms with Gasteiger partial charge in [-0.2, -0.15) is 0 Å². The Kier molecular flexibility index (Phi) is 3.82. The van der Waals surface area contributed by atoms with E-state index in [1.54, 1.807) is 30.3 Å². The van der Waals surface area contributed by atoms with Crippen molar-refractivity contribution in [3.05, 3.63) is 35.9 Å². The molecule has 102 valence electrons. The van der Waals surface area contributed by atoms with Crippen LogP contribution < -0.4 is 5.73 Å². The predicted octanol–water partition coefficient (Wildman–Crippen LogP) is -0.267. The molecule has 2 rings (SSSR count). The summed E-state index contributed by atoms with van der Waals surface area (Å²) in [5.41, 5.74) is 6.48. The Hall–Kier alpha value is -1.92. The Morgan fingerprint density at radius 2 is 1.95 bits per heavy atom. The van der Waals surface area contributed by atoms with Gasteiger partial charge >= 0.3 is 5.97 Å². The summed E-state index contributed by atoms with van der Waals surface area (Å²) in [4.78, 5) is 24.5. The maximum atomic E-state index is 12.2. The van der Waals surface area contributed by atoms with E-state index in [0.29, 0.717) is 5.56 Å². The number of hydrogen-bond donors (Lipinski definition) is 3. The average Bonchev–Trinajstić information content (AvgIpc) is 2.80. The number of nitrogens with two attached hydrogens (primary N) is 1. The van der Waals surface area contributed by atoms with E-state index in [2.05, 4.69) is 0 Å². The molecule has 0 spiro atoms. The highest BCUT2D eigenvalue weighted by molar-refractivity contribution is 5.88. The largest absolute Gasteiger partial charge is 0.480 e. The number of carbonyl (C=O) groups excluding carboxylic acids is 1. The summed E-state index contributed by atoms with van der Waals surface area (Å²) in [7, 11) is 0. The van der Waals surface area contributed by atoms with Crippen molar-refractivity contribution >= 4 is 11.9 Å². The molecule has 19 heavy (non-hydrogen) atoms. The Morgan fingerprint density at radius 3 is 2.53 bits per heavy atom. The van der Waals surface area contributed by atoms with E-state index in [9.17, 15) is 14.7 Å². The van der Waals surface area contributed by atoms with Crippen LogP contribution in [-0.2, 0) is 9.59 Å². The summed E-state index contributed by atoms with van der Waals surface area (Å²) in [6.07, 6.45) is -0.768. The number of carboxylic acids is 1. The van der Waals surface area contributed by atoms with E-state index in [0.717, 1.165) is 4.90 Å². The quantitative estimate of drug-likeness (QED) is 0.697. The molecule has 1 saturated heterocycles.